The Labute approximate surface area is 120 Å². The zero-order chi connectivity index (χ0) is 14.5. The molecule has 0 amide bonds. The number of pyridine rings is 1. The van der Waals surface area contributed by atoms with Gasteiger partial charge in [-0.05, 0) is 47.9 Å². The Morgan fingerprint density at radius 1 is 1.25 bits per heavy atom. The third-order valence-corrected chi connectivity index (χ3v) is 3.38. The maximum absolute atomic E-state index is 5.77. The smallest absolute Gasteiger partial charge is 0.123 e. The molecule has 1 aromatic heterocycles. The summed E-state index contributed by atoms with van der Waals surface area (Å²) in [6.45, 7) is 3.67. The molecule has 20 heavy (non-hydrogen) atoms. The van der Waals surface area contributed by atoms with E-state index in [1.54, 1.807) is 13.3 Å². The van der Waals surface area contributed by atoms with Crippen LogP contribution in [0.25, 0.3) is 11.1 Å². The Kier molecular flexibility index (Phi) is 4.58. The van der Waals surface area contributed by atoms with Gasteiger partial charge in [0.05, 0.1) is 6.61 Å². The molecule has 4 heteroatoms. The van der Waals surface area contributed by atoms with E-state index in [0.717, 1.165) is 17.8 Å². The molecule has 0 aliphatic carbocycles. The van der Waals surface area contributed by atoms with Crippen LogP contribution in [0.5, 0.6) is 0 Å². The fraction of sp³-hybridized carbons (Fsp3) is 0.312. The summed E-state index contributed by atoms with van der Waals surface area (Å²) in [4.78, 5) is 6.22. The van der Waals surface area contributed by atoms with Gasteiger partial charge in [-0.3, -0.25) is 0 Å². The fourth-order valence-electron chi connectivity index (χ4n) is 2.13. The van der Waals surface area contributed by atoms with Crippen molar-refractivity contribution in [2.75, 3.05) is 37.9 Å². The molecule has 0 bridgehead atoms. The van der Waals surface area contributed by atoms with Crippen LogP contribution in [0.2, 0.25) is 0 Å². The molecule has 2 N–H and O–H groups in total. The molecule has 0 saturated carbocycles. The number of rotatable bonds is 5. The number of benzene rings is 1. The lowest BCUT2D eigenvalue weighted by atomic mass is 10.0. The number of nitrogens with zero attached hydrogens (tertiary/aromatic N) is 2. The van der Waals surface area contributed by atoms with E-state index < -0.39 is 0 Å². The van der Waals surface area contributed by atoms with Gasteiger partial charge in [0.2, 0.25) is 0 Å². The fourth-order valence-corrected chi connectivity index (χ4v) is 2.13. The molecule has 0 aliphatic heterocycles. The molecule has 0 aliphatic rings. The van der Waals surface area contributed by atoms with E-state index in [4.69, 9.17) is 10.5 Å². The van der Waals surface area contributed by atoms with E-state index in [2.05, 4.69) is 42.1 Å². The average molecular weight is 271 g/mol. The number of methoxy groups -OCH3 is 1. The van der Waals surface area contributed by atoms with Crippen LogP contribution in [-0.2, 0) is 4.74 Å². The van der Waals surface area contributed by atoms with E-state index in [9.17, 15) is 0 Å². The summed E-state index contributed by atoms with van der Waals surface area (Å²) < 4.78 is 5.12. The van der Waals surface area contributed by atoms with Crippen molar-refractivity contribution in [3.8, 4) is 11.1 Å². The number of aromatic nitrogens is 1. The van der Waals surface area contributed by atoms with E-state index in [-0.39, 0.29) is 0 Å². The Bertz CT molecular complexity index is 584. The monoisotopic (exact) mass is 271 g/mol. The second-order valence-electron chi connectivity index (χ2n) is 4.88. The molecule has 0 spiro atoms. The number of aryl methyl sites for hydroxylation is 1. The van der Waals surface area contributed by atoms with Gasteiger partial charge in [-0.25, -0.2) is 4.98 Å². The topological polar surface area (TPSA) is 51.4 Å². The van der Waals surface area contributed by atoms with Crippen molar-refractivity contribution in [2.45, 2.75) is 6.92 Å². The van der Waals surface area contributed by atoms with Crippen molar-refractivity contribution >= 4 is 11.5 Å². The van der Waals surface area contributed by atoms with Gasteiger partial charge < -0.3 is 15.4 Å². The van der Waals surface area contributed by atoms with Crippen molar-refractivity contribution in [2.24, 2.45) is 0 Å². The lowest BCUT2D eigenvalue weighted by Crippen LogP contribution is -2.22. The molecule has 0 saturated heterocycles. The first-order valence-corrected chi connectivity index (χ1v) is 6.64. The second-order valence-corrected chi connectivity index (χ2v) is 4.88. The van der Waals surface area contributed by atoms with Gasteiger partial charge >= 0.3 is 0 Å². The van der Waals surface area contributed by atoms with Gasteiger partial charge in [0.1, 0.15) is 5.82 Å². The SMILES string of the molecule is COCCN(C)c1ccc(C)c(-c2ccnc(N)c2)c1. The van der Waals surface area contributed by atoms with Gasteiger partial charge in [0.25, 0.3) is 0 Å². The average Bonchev–Trinajstić information content (AvgIpc) is 2.45. The highest BCUT2D eigenvalue weighted by atomic mass is 16.5. The highest BCUT2D eigenvalue weighted by molar-refractivity contribution is 5.73. The predicted octanol–water partition coefficient (Wildman–Crippen LogP) is 2.72. The maximum atomic E-state index is 5.77. The van der Waals surface area contributed by atoms with Gasteiger partial charge in [-0.2, -0.15) is 0 Å². The standard InChI is InChI=1S/C16H21N3O/c1-12-4-5-14(19(2)8-9-20-3)11-15(12)13-6-7-18-16(17)10-13/h4-7,10-11H,8-9H2,1-3H3,(H2,17,18). The summed E-state index contributed by atoms with van der Waals surface area (Å²) in [6.07, 6.45) is 1.74. The number of likely N-dealkylation sites (N-methyl/N-ethyl adjacent to an activating group) is 1. The number of hydrogen-bond donors (Lipinski definition) is 1. The lowest BCUT2D eigenvalue weighted by Gasteiger charge is -2.20. The molecule has 2 aromatic rings. The van der Waals surface area contributed by atoms with Gasteiger partial charge in [0.15, 0.2) is 0 Å². The van der Waals surface area contributed by atoms with Crippen LogP contribution in [0.3, 0.4) is 0 Å². The molecule has 0 atom stereocenters. The summed E-state index contributed by atoms with van der Waals surface area (Å²) in [5.41, 5.74) is 10.4. The summed E-state index contributed by atoms with van der Waals surface area (Å²) in [7, 11) is 3.78. The Morgan fingerprint density at radius 2 is 2.05 bits per heavy atom. The van der Waals surface area contributed by atoms with Crippen molar-refractivity contribution in [1.82, 2.24) is 4.98 Å². The lowest BCUT2D eigenvalue weighted by molar-refractivity contribution is 0.206. The summed E-state index contributed by atoms with van der Waals surface area (Å²) >= 11 is 0. The van der Waals surface area contributed by atoms with Crippen LogP contribution < -0.4 is 10.6 Å². The minimum Gasteiger partial charge on any atom is -0.384 e. The number of nitrogens with two attached hydrogens (primary N) is 1. The van der Waals surface area contributed by atoms with Crippen molar-refractivity contribution in [3.63, 3.8) is 0 Å². The normalized spacial score (nSPS) is 10.6. The quantitative estimate of drug-likeness (QED) is 0.908. The van der Waals surface area contributed by atoms with E-state index in [1.165, 1.54) is 11.1 Å². The van der Waals surface area contributed by atoms with Crippen molar-refractivity contribution < 1.29 is 4.74 Å². The molecule has 2 rings (SSSR count). The molecule has 1 heterocycles. The molecule has 4 nitrogen and oxygen atoms in total. The molecular formula is C16H21N3O. The van der Waals surface area contributed by atoms with Crippen LogP contribution in [0.1, 0.15) is 5.56 Å². The van der Waals surface area contributed by atoms with E-state index in [0.29, 0.717) is 12.4 Å². The molecule has 0 radical (unpaired) electrons. The van der Waals surface area contributed by atoms with Crippen molar-refractivity contribution in [3.05, 3.63) is 42.1 Å². The minimum absolute atomic E-state index is 0.542. The second kappa shape index (κ2) is 6.39. The van der Waals surface area contributed by atoms with Crippen LogP contribution >= 0.6 is 0 Å². The third kappa shape index (κ3) is 3.27. The predicted molar refractivity (Wildman–Crippen MR) is 84.0 cm³/mol. The Morgan fingerprint density at radius 3 is 2.75 bits per heavy atom. The largest absolute Gasteiger partial charge is 0.384 e. The Balaban J connectivity index is 2.34. The number of ether oxygens (including phenoxy) is 1. The van der Waals surface area contributed by atoms with Gasteiger partial charge in [-0.1, -0.05) is 6.07 Å². The molecule has 0 fully saturated rings. The third-order valence-electron chi connectivity index (χ3n) is 3.38. The van der Waals surface area contributed by atoms with Crippen LogP contribution in [0.4, 0.5) is 11.5 Å². The zero-order valence-corrected chi connectivity index (χ0v) is 12.3. The van der Waals surface area contributed by atoms with Gasteiger partial charge in [0, 0.05) is 32.6 Å². The zero-order valence-electron chi connectivity index (χ0n) is 12.3. The molecule has 106 valence electrons. The summed E-state index contributed by atoms with van der Waals surface area (Å²) in [6, 6.07) is 10.3. The molecule has 1 aromatic carbocycles. The number of anilines is 2. The maximum Gasteiger partial charge on any atom is 0.123 e. The molecular weight excluding hydrogens is 250 g/mol. The van der Waals surface area contributed by atoms with Crippen LogP contribution in [-0.4, -0.2) is 32.3 Å². The highest BCUT2D eigenvalue weighted by Gasteiger charge is 2.07. The van der Waals surface area contributed by atoms with E-state index >= 15 is 0 Å². The molecule has 0 unspecified atom stereocenters. The van der Waals surface area contributed by atoms with Gasteiger partial charge in [-0.15, -0.1) is 0 Å². The number of nitrogen functional groups attached to an aromatic ring is 1. The summed E-state index contributed by atoms with van der Waals surface area (Å²) in [5, 5.41) is 0. The summed E-state index contributed by atoms with van der Waals surface area (Å²) in [5.74, 6) is 0.542. The van der Waals surface area contributed by atoms with Crippen molar-refractivity contribution in [1.29, 1.82) is 0 Å². The Hall–Kier alpha value is -2.07. The first-order valence-electron chi connectivity index (χ1n) is 6.64. The van der Waals surface area contributed by atoms with E-state index in [1.807, 2.05) is 12.1 Å². The van der Waals surface area contributed by atoms with Crippen LogP contribution in [0, 0.1) is 6.92 Å². The number of hydrogen-bond acceptors (Lipinski definition) is 4. The highest BCUT2D eigenvalue weighted by Crippen LogP contribution is 2.28. The minimum atomic E-state index is 0.542. The van der Waals surface area contributed by atoms with Crippen LogP contribution in [0.15, 0.2) is 36.5 Å². The first-order chi connectivity index (χ1) is 9.61. The first kappa shape index (κ1) is 14.3.